The number of thiazole rings is 1. The van der Waals surface area contributed by atoms with E-state index in [1.165, 1.54) is 22.1 Å². The molecule has 0 saturated carbocycles. The van der Waals surface area contributed by atoms with Gasteiger partial charge in [0.2, 0.25) is 11.3 Å². The zero-order chi connectivity index (χ0) is 22.4. The Labute approximate surface area is 183 Å². The summed E-state index contributed by atoms with van der Waals surface area (Å²) in [4.78, 5) is 49.4. The Morgan fingerprint density at radius 3 is 2.81 bits per heavy atom. The molecule has 162 valence electrons. The van der Waals surface area contributed by atoms with E-state index < -0.39 is 22.8 Å². The van der Waals surface area contributed by atoms with Gasteiger partial charge in [0.25, 0.3) is 0 Å². The predicted molar refractivity (Wildman–Crippen MR) is 115 cm³/mol. The molecular formula is C20H15FN6O4S. The van der Waals surface area contributed by atoms with Crippen molar-refractivity contribution in [2.24, 2.45) is 5.92 Å². The Bertz CT molecular complexity index is 1390. The van der Waals surface area contributed by atoms with Gasteiger partial charge in [0.05, 0.1) is 17.0 Å². The molecule has 5 heterocycles. The highest BCUT2D eigenvalue weighted by atomic mass is 32.1. The van der Waals surface area contributed by atoms with Crippen LogP contribution >= 0.6 is 11.3 Å². The highest BCUT2D eigenvalue weighted by Crippen LogP contribution is 2.29. The van der Waals surface area contributed by atoms with Crippen molar-refractivity contribution in [1.29, 1.82) is 0 Å². The van der Waals surface area contributed by atoms with E-state index >= 15 is 0 Å². The highest BCUT2D eigenvalue weighted by molar-refractivity contribution is 7.12. The van der Waals surface area contributed by atoms with Crippen LogP contribution < -0.4 is 15.6 Å². The number of carboxylic acid groups (broad SMARTS) is 1. The Morgan fingerprint density at radius 2 is 2.16 bits per heavy atom. The summed E-state index contributed by atoms with van der Waals surface area (Å²) in [5.41, 5.74) is -0.602. The molecule has 1 fully saturated rings. The lowest BCUT2D eigenvalue weighted by molar-refractivity contribution is -0.120. The van der Waals surface area contributed by atoms with Crippen molar-refractivity contribution in [2.45, 2.75) is 0 Å². The normalized spacial score (nSPS) is 13.8. The van der Waals surface area contributed by atoms with Gasteiger partial charge in [0, 0.05) is 43.3 Å². The molecule has 0 aromatic carbocycles. The summed E-state index contributed by atoms with van der Waals surface area (Å²) in [6.07, 6.45) is 6.01. The number of nitrogens with zero attached hydrogens (tertiary/aromatic N) is 4. The van der Waals surface area contributed by atoms with E-state index in [0.717, 1.165) is 12.3 Å². The van der Waals surface area contributed by atoms with Crippen LogP contribution in [0.15, 0.2) is 47.1 Å². The van der Waals surface area contributed by atoms with Crippen LogP contribution in [0.1, 0.15) is 10.4 Å². The first-order chi connectivity index (χ1) is 15.4. The van der Waals surface area contributed by atoms with Gasteiger partial charge < -0.3 is 20.3 Å². The molecule has 12 heteroatoms. The second-order valence-electron chi connectivity index (χ2n) is 7.22. The molecule has 4 aromatic heterocycles. The van der Waals surface area contributed by atoms with Crippen molar-refractivity contribution in [3.05, 3.63) is 63.9 Å². The number of hydrogen-bond acceptors (Lipinski definition) is 7. The number of rotatable bonds is 5. The summed E-state index contributed by atoms with van der Waals surface area (Å²) in [5.74, 6) is -2.75. The zero-order valence-electron chi connectivity index (χ0n) is 16.3. The van der Waals surface area contributed by atoms with E-state index in [0.29, 0.717) is 10.8 Å². The molecule has 0 aliphatic carbocycles. The summed E-state index contributed by atoms with van der Waals surface area (Å²) in [6, 6.07) is 2.71. The van der Waals surface area contributed by atoms with Crippen LogP contribution in [0.5, 0.6) is 0 Å². The minimum absolute atomic E-state index is 0.0176. The van der Waals surface area contributed by atoms with Crippen LogP contribution in [0.4, 0.5) is 15.9 Å². The largest absolute Gasteiger partial charge is 0.477 e. The van der Waals surface area contributed by atoms with Crippen LogP contribution in [-0.2, 0) is 4.79 Å². The van der Waals surface area contributed by atoms with Gasteiger partial charge in [0.1, 0.15) is 5.56 Å². The van der Waals surface area contributed by atoms with Crippen molar-refractivity contribution in [2.75, 3.05) is 23.3 Å². The molecule has 0 bridgehead atoms. The molecule has 1 aliphatic rings. The summed E-state index contributed by atoms with van der Waals surface area (Å²) in [6.45, 7) is 0.501. The molecule has 1 aliphatic heterocycles. The third-order valence-electron chi connectivity index (χ3n) is 5.19. The van der Waals surface area contributed by atoms with Gasteiger partial charge in [-0.1, -0.05) is 0 Å². The molecule has 4 aromatic rings. The van der Waals surface area contributed by atoms with Gasteiger partial charge in [-0.3, -0.25) is 14.2 Å². The van der Waals surface area contributed by atoms with Crippen LogP contribution in [0.3, 0.4) is 0 Å². The Kier molecular flexibility index (Phi) is 4.70. The Morgan fingerprint density at radius 1 is 1.34 bits per heavy atom. The molecule has 5 rings (SSSR count). The van der Waals surface area contributed by atoms with Crippen molar-refractivity contribution < 1.29 is 19.1 Å². The fourth-order valence-electron chi connectivity index (χ4n) is 3.53. The van der Waals surface area contributed by atoms with Gasteiger partial charge in [-0.25, -0.2) is 19.2 Å². The van der Waals surface area contributed by atoms with Crippen LogP contribution in [0.25, 0.3) is 16.2 Å². The molecule has 3 N–H and O–H groups in total. The molecule has 0 spiro atoms. The second kappa shape index (κ2) is 7.57. The van der Waals surface area contributed by atoms with Gasteiger partial charge >= 0.3 is 5.97 Å². The number of aromatic amines is 1. The van der Waals surface area contributed by atoms with Gasteiger partial charge in [-0.05, 0) is 12.1 Å². The standard InChI is InChI=1S/C20H15FN6O4S/c21-14-5-12-15(28)13(19(30)31)9-27(20-23-3-4-32-20)16(12)25-17(14)26-7-10(8-26)18(29)24-11-1-2-22-6-11/h1-6,9-10,22H,7-8H2,(H,24,29)(H,30,31). The molecule has 0 atom stereocenters. The maximum Gasteiger partial charge on any atom is 0.341 e. The third kappa shape index (κ3) is 3.30. The smallest absolute Gasteiger partial charge is 0.341 e. The average Bonchev–Trinajstić information content (AvgIpc) is 3.42. The maximum atomic E-state index is 14.9. The third-order valence-corrected chi connectivity index (χ3v) is 5.96. The molecule has 0 radical (unpaired) electrons. The van der Waals surface area contributed by atoms with Gasteiger partial charge in [-0.15, -0.1) is 11.3 Å². The fraction of sp³-hybridized carbons (Fsp3) is 0.150. The number of anilines is 2. The maximum absolute atomic E-state index is 14.9. The number of halogens is 1. The minimum atomic E-state index is -1.43. The summed E-state index contributed by atoms with van der Waals surface area (Å²) < 4.78 is 16.3. The quantitative estimate of drug-likeness (QED) is 0.420. The van der Waals surface area contributed by atoms with Crippen molar-refractivity contribution in [3.8, 4) is 5.13 Å². The number of nitrogens with one attached hydrogen (secondary N) is 2. The van der Waals surface area contributed by atoms with E-state index in [4.69, 9.17) is 0 Å². The van der Waals surface area contributed by atoms with E-state index in [1.54, 1.807) is 28.7 Å². The average molecular weight is 454 g/mol. The fourth-order valence-corrected chi connectivity index (χ4v) is 4.15. The first-order valence-corrected chi connectivity index (χ1v) is 10.4. The van der Waals surface area contributed by atoms with Gasteiger partial charge in [0.15, 0.2) is 22.4 Å². The molecule has 0 unspecified atom stereocenters. The SMILES string of the molecule is O=C(O)c1cn(-c2nccs2)c2nc(N3CC(C(=O)Nc4cc[nH]c4)C3)c(F)cc2c1=O. The number of pyridine rings is 2. The number of amides is 1. The monoisotopic (exact) mass is 454 g/mol. The minimum Gasteiger partial charge on any atom is -0.477 e. The summed E-state index contributed by atoms with van der Waals surface area (Å²) in [7, 11) is 0. The predicted octanol–water partition coefficient (Wildman–Crippen LogP) is 2.08. The summed E-state index contributed by atoms with van der Waals surface area (Å²) >= 11 is 1.22. The Balaban J connectivity index is 1.50. The first-order valence-electron chi connectivity index (χ1n) is 9.50. The zero-order valence-corrected chi connectivity index (χ0v) is 17.1. The second-order valence-corrected chi connectivity index (χ2v) is 8.09. The highest BCUT2D eigenvalue weighted by Gasteiger charge is 2.35. The van der Waals surface area contributed by atoms with Crippen LogP contribution in [0.2, 0.25) is 0 Å². The van der Waals surface area contributed by atoms with Crippen LogP contribution in [0, 0.1) is 11.7 Å². The number of carboxylic acids is 1. The van der Waals surface area contributed by atoms with E-state index in [-0.39, 0.29) is 41.8 Å². The number of aromatic nitrogens is 4. The van der Waals surface area contributed by atoms with E-state index in [2.05, 4.69) is 20.3 Å². The Hall–Kier alpha value is -4.06. The number of fused-ring (bicyclic) bond motifs is 1. The van der Waals surface area contributed by atoms with Crippen LogP contribution in [-0.4, -0.2) is 49.6 Å². The van der Waals surface area contributed by atoms with Crippen molar-refractivity contribution in [3.63, 3.8) is 0 Å². The van der Waals surface area contributed by atoms with E-state index in [9.17, 15) is 23.9 Å². The lowest BCUT2D eigenvalue weighted by atomic mass is 9.99. The molecule has 1 saturated heterocycles. The topological polar surface area (TPSA) is 133 Å². The van der Waals surface area contributed by atoms with Crippen molar-refractivity contribution >= 4 is 45.8 Å². The van der Waals surface area contributed by atoms with Crippen molar-refractivity contribution in [1.82, 2.24) is 19.5 Å². The number of aromatic carboxylic acids is 1. The number of H-pyrrole nitrogens is 1. The molecule has 1 amide bonds. The number of hydrogen-bond donors (Lipinski definition) is 3. The summed E-state index contributed by atoms with van der Waals surface area (Å²) in [5, 5.41) is 14.1. The first kappa shape index (κ1) is 19.9. The molecule has 10 nitrogen and oxygen atoms in total. The number of carbonyl (C=O) groups is 2. The van der Waals surface area contributed by atoms with Gasteiger partial charge in [-0.2, -0.15) is 0 Å². The lowest BCUT2D eigenvalue weighted by Crippen LogP contribution is -2.52. The molecular weight excluding hydrogens is 439 g/mol. The lowest BCUT2D eigenvalue weighted by Gasteiger charge is -2.39. The van der Waals surface area contributed by atoms with E-state index in [1.807, 2.05) is 0 Å². The molecule has 32 heavy (non-hydrogen) atoms. The number of carbonyl (C=O) groups excluding carboxylic acids is 1.